The first-order chi connectivity index (χ1) is 20.8. The third-order valence-corrected chi connectivity index (χ3v) is 8.97. The van der Waals surface area contributed by atoms with Gasteiger partial charge in [-0.05, 0) is 78.9 Å². The molecule has 0 aliphatic heterocycles. The monoisotopic (exact) mass is 629 g/mol. The van der Waals surface area contributed by atoms with Crippen molar-refractivity contribution in [2.75, 3.05) is 25.4 Å². The third-order valence-electron chi connectivity index (χ3n) is 7.24. The van der Waals surface area contributed by atoms with Gasteiger partial charge in [-0.1, -0.05) is 32.9 Å². The molecule has 0 aliphatic rings. The number of amides is 2. The average molecular weight is 630 g/mol. The smallest absolute Gasteiger partial charge is 0.254 e. The number of sulfone groups is 1. The lowest BCUT2D eigenvalue weighted by atomic mass is 10.00. The van der Waals surface area contributed by atoms with Crippen molar-refractivity contribution in [1.29, 1.82) is 0 Å². The maximum atomic E-state index is 14.0. The van der Waals surface area contributed by atoms with Crippen LogP contribution in [0.4, 0.5) is 8.78 Å². The fourth-order valence-electron chi connectivity index (χ4n) is 5.02. The molecule has 3 aromatic rings. The number of aliphatic hydroxyl groups is 1. The van der Waals surface area contributed by atoms with Crippen LogP contribution in [0.5, 0.6) is 0 Å². The second-order valence-electron chi connectivity index (χ2n) is 10.9. The molecule has 0 bridgehead atoms. The Balaban J connectivity index is 2.02. The van der Waals surface area contributed by atoms with Gasteiger partial charge in [-0.3, -0.25) is 9.59 Å². The predicted molar refractivity (Wildman–Crippen MR) is 166 cm³/mol. The number of hydrogen-bond donors (Lipinski definition) is 2. The number of hydrogen-bond acceptors (Lipinski definition) is 6. The first-order valence-corrected chi connectivity index (χ1v) is 16.4. The zero-order chi connectivity index (χ0) is 32.6. The Morgan fingerprint density at radius 3 is 1.98 bits per heavy atom. The van der Waals surface area contributed by atoms with E-state index in [1.165, 1.54) is 30.0 Å². The van der Waals surface area contributed by atoms with Crippen molar-refractivity contribution in [2.45, 2.75) is 64.1 Å². The van der Waals surface area contributed by atoms with Crippen LogP contribution in [0.3, 0.4) is 0 Å². The zero-order valence-corrected chi connectivity index (χ0v) is 26.4. The molecular weight excluding hydrogens is 588 g/mol. The van der Waals surface area contributed by atoms with E-state index >= 15 is 0 Å². The van der Waals surface area contributed by atoms with E-state index in [4.69, 9.17) is 5.73 Å². The summed E-state index contributed by atoms with van der Waals surface area (Å²) in [4.78, 5) is 30.5. The molecule has 44 heavy (non-hydrogen) atoms. The molecule has 11 heteroatoms. The second kappa shape index (κ2) is 15.4. The molecule has 0 fully saturated rings. The molecule has 3 N–H and O–H groups in total. The molecule has 0 radical (unpaired) electrons. The highest BCUT2D eigenvalue weighted by Gasteiger charge is 2.27. The van der Waals surface area contributed by atoms with Gasteiger partial charge in [-0.25, -0.2) is 17.2 Å². The van der Waals surface area contributed by atoms with Crippen molar-refractivity contribution < 1.29 is 31.9 Å². The summed E-state index contributed by atoms with van der Waals surface area (Å²) in [6.45, 7) is 7.94. The molecule has 0 aliphatic carbocycles. The van der Waals surface area contributed by atoms with E-state index in [0.29, 0.717) is 35.8 Å². The van der Waals surface area contributed by atoms with Crippen LogP contribution in [0.1, 0.15) is 77.1 Å². The van der Waals surface area contributed by atoms with Crippen LogP contribution in [-0.4, -0.2) is 66.6 Å². The molecule has 0 aromatic heterocycles. The summed E-state index contributed by atoms with van der Waals surface area (Å²) >= 11 is 0. The Kier molecular flexibility index (Phi) is 12.2. The average Bonchev–Trinajstić information content (AvgIpc) is 2.98. The van der Waals surface area contributed by atoms with E-state index in [1.807, 2.05) is 13.8 Å². The molecule has 1 unspecified atom stereocenters. The number of halogens is 2. The normalized spacial score (nSPS) is 12.9. The van der Waals surface area contributed by atoms with Crippen LogP contribution in [0.15, 0.2) is 65.6 Å². The number of nitrogens with zero attached hydrogens (tertiary/aromatic N) is 2. The summed E-state index contributed by atoms with van der Waals surface area (Å²) in [5.74, 6) is -2.57. The lowest BCUT2D eigenvalue weighted by Crippen LogP contribution is -2.41. The van der Waals surface area contributed by atoms with Crippen molar-refractivity contribution >= 4 is 21.7 Å². The third kappa shape index (κ3) is 8.93. The van der Waals surface area contributed by atoms with E-state index in [0.717, 1.165) is 25.0 Å². The van der Waals surface area contributed by atoms with E-state index in [-0.39, 0.29) is 40.8 Å². The van der Waals surface area contributed by atoms with Crippen molar-refractivity contribution in [1.82, 2.24) is 9.80 Å². The van der Waals surface area contributed by atoms with Gasteiger partial charge in [-0.2, -0.15) is 0 Å². The van der Waals surface area contributed by atoms with Gasteiger partial charge in [0.15, 0.2) is 9.84 Å². The van der Waals surface area contributed by atoms with Gasteiger partial charge >= 0.3 is 0 Å². The first kappa shape index (κ1) is 34.8. The minimum absolute atomic E-state index is 0.00816. The molecule has 0 saturated heterocycles. The quantitative estimate of drug-likeness (QED) is 0.258. The van der Waals surface area contributed by atoms with Crippen molar-refractivity contribution in [3.8, 4) is 0 Å². The van der Waals surface area contributed by atoms with E-state index < -0.39 is 39.5 Å². The summed E-state index contributed by atoms with van der Waals surface area (Å²) in [5, 5.41) is 11.1. The Bertz CT molecular complexity index is 1560. The van der Waals surface area contributed by atoms with Gasteiger partial charge in [0.2, 0.25) is 0 Å². The standard InChI is InChI=1S/C33H41F2N3O5S/c1-5-11-37(12-6-2)32(40)25-13-22(4)14-26(16-25)33(41)38(20-23-9-8-10-29(15-23)44(42,43)7-3)21-30(39)31(36)24-17-27(34)19-28(35)18-24/h8-10,13-19,30-31,39H,5-7,11-12,20-21,36H2,1-4H3/t30?,31-/m0/s1. The Hall–Kier alpha value is -3.67. The van der Waals surface area contributed by atoms with E-state index in [2.05, 4.69) is 0 Å². The van der Waals surface area contributed by atoms with Gasteiger partial charge in [0, 0.05) is 43.4 Å². The van der Waals surface area contributed by atoms with Crippen molar-refractivity contribution in [3.63, 3.8) is 0 Å². The highest BCUT2D eigenvalue weighted by atomic mass is 32.2. The van der Waals surface area contributed by atoms with Crippen LogP contribution >= 0.6 is 0 Å². The molecule has 238 valence electrons. The number of carbonyl (C=O) groups is 2. The van der Waals surface area contributed by atoms with Crippen LogP contribution in [0, 0.1) is 18.6 Å². The zero-order valence-electron chi connectivity index (χ0n) is 25.6. The SMILES string of the molecule is CCCN(CCC)C(=O)c1cc(C)cc(C(=O)N(Cc2cccc(S(=O)(=O)CC)c2)CC(O)[C@@H](N)c2cc(F)cc(F)c2)c1. The largest absolute Gasteiger partial charge is 0.389 e. The fraction of sp³-hybridized carbons (Fsp3) is 0.394. The van der Waals surface area contributed by atoms with E-state index in [9.17, 15) is 31.9 Å². The maximum Gasteiger partial charge on any atom is 0.254 e. The van der Waals surface area contributed by atoms with Crippen LogP contribution in [0.2, 0.25) is 0 Å². The number of aliphatic hydroxyl groups excluding tert-OH is 1. The lowest BCUT2D eigenvalue weighted by molar-refractivity contribution is 0.0552. The Morgan fingerprint density at radius 1 is 0.864 bits per heavy atom. The van der Waals surface area contributed by atoms with Gasteiger partial charge < -0.3 is 20.6 Å². The van der Waals surface area contributed by atoms with Gasteiger partial charge in [0.25, 0.3) is 11.8 Å². The molecule has 2 atom stereocenters. The van der Waals surface area contributed by atoms with Crippen LogP contribution in [-0.2, 0) is 16.4 Å². The molecule has 0 spiro atoms. The predicted octanol–water partition coefficient (Wildman–Crippen LogP) is 5.03. The Labute approximate surface area is 258 Å². The van der Waals surface area contributed by atoms with Crippen LogP contribution in [0.25, 0.3) is 0 Å². The minimum Gasteiger partial charge on any atom is -0.389 e. The molecule has 0 heterocycles. The summed E-state index contributed by atoms with van der Waals surface area (Å²) in [5.41, 5.74) is 7.88. The number of nitrogens with two attached hydrogens (primary N) is 1. The van der Waals surface area contributed by atoms with Crippen molar-refractivity contribution in [3.05, 3.63) is 100 Å². The number of benzene rings is 3. The number of carbonyl (C=O) groups excluding carboxylic acids is 2. The molecule has 0 saturated carbocycles. The first-order valence-electron chi connectivity index (χ1n) is 14.7. The Morgan fingerprint density at radius 2 is 1.43 bits per heavy atom. The summed E-state index contributed by atoms with van der Waals surface area (Å²) < 4.78 is 52.8. The number of aryl methyl sites for hydroxylation is 1. The molecule has 8 nitrogen and oxygen atoms in total. The summed E-state index contributed by atoms with van der Waals surface area (Å²) in [7, 11) is -3.53. The molecule has 3 aromatic carbocycles. The van der Waals surface area contributed by atoms with Crippen LogP contribution < -0.4 is 5.73 Å². The molecule has 2 amide bonds. The highest BCUT2D eigenvalue weighted by molar-refractivity contribution is 7.91. The summed E-state index contributed by atoms with van der Waals surface area (Å²) in [6, 6.07) is 12.5. The lowest BCUT2D eigenvalue weighted by Gasteiger charge is -2.29. The number of rotatable bonds is 14. The van der Waals surface area contributed by atoms with Crippen molar-refractivity contribution in [2.24, 2.45) is 5.73 Å². The van der Waals surface area contributed by atoms with Gasteiger partial charge in [-0.15, -0.1) is 0 Å². The fourth-order valence-corrected chi connectivity index (χ4v) is 5.97. The maximum absolute atomic E-state index is 14.0. The van der Waals surface area contributed by atoms with Gasteiger partial charge in [0.05, 0.1) is 22.8 Å². The van der Waals surface area contributed by atoms with E-state index in [1.54, 1.807) is 36.1 Å². The second-order valence-corrected chi connectivity index (χ2v) is 13.2. The summed E-state index contributed by atoms with van der Waals surface area (Å²) in [6.07, 6.45) is 0.104. The molecule has 3 rings (SSSR count). The minimum atomic E-state index is -3.53. The van der Waals surface area contributed by atoms with Gasteiger partial charge in [0.1, 0.15) is 11.6 Å². The highest BCUT2D eigenvalue weighted by Crippen LogP contribution is 2.22. The topological polar surface area (TPSA) is 121 Å². The molecular formula is C33H41F2N3O5S.